The Morgan fingerprint density at radius 2 is 2.16 bits per heavy atom. The minimum Gasteiger partial charge on any atom is -0.493 e. The number of benzene rings is 1. The van der Waals surface area contributed by atoms with Crippen molar-refractivity contribution >= 4 is 0 Å². The van der Waals surface area contributed by atoms with Gasteiger partial charge in [0.15, 0.2) is 0 Å². The van der Waals surface area contributed by atoms with Gasteiger partial charge in [0.2, 0.25) is 0 Å². The Bertz CT molecular complexity index is 419. The van der Waals surface area contributed by atoms with Crippen LogP contribution in [0.2, 0.25) is 0 Å². The van der Waals surface area contributed by atoms with E-state index in [-0.39, 0.29) is 0 Å². The summed E-state index contributed by atoms with van der Waals surface area (Å²) in [6.45, 7) is 1.09. The van der Waals surface area contributed by atoms with Gasteiger partial charge >= 0.3 is 0 Å². The van der Waals surface area contributed by atoms with Crippen LogP contribution in [0.3, 0.4) is 0 Å². The lowest BCUT2D eigenvalue weighted by Crippen LogP contribution is -2.15. The SMILES string of the molecule is [2H]c1c(OCC2CCCCC2)cccc1[C@@H](O)CCN. The van der Waals surface area contributed by atoms with E-state index in [4.69, 9.17) is 11.8 Å². The van der Waals surface area contributed by atoms with E-state index in [9.17, 15) is 5.11 Å². The van der Waals surface area contributed by atoms with Crippen molar-refractivity contribution in [1.82, 2.24) is 0 Å². The molecule has 0 saturated heterocycles. The van der Waals surface area contributed by atoms with E-state index in [1.807, 2.05) is 12.1 Å². The molecule has 0 unspecified atom stereocenters. The largest absolute Gasteiger partial charge is 0.493 e. The van der Waals surface area contributed by atoms with Crippen molar-refractivity contribution in [2.75, 3.05) is 13.2 Å². The van der Waals surface area contributed by atoms with Crippen molar-refractivity contribution in [1.29, 1.82) is 0 Å². The van der Waals surface area contributed by atoms with Gasteiger partial charge in [0.1, 0.15) is 5.75 Å². The van der Waals surface area contributed by atoms with E-state index in [2.05, 4.69) is 0 Å². The average molecular weight is 264 g/mol. The van der Waals surface area contributed by atoms with Crippen LogP contribution >= 0.6 is 0 Å². The molecule has 3 nitrogen and oxygen atoms in total. The maximum atomic E-state index is 9.99. The van der Waals surface area contributed by atoms with Crippen LogP contribution in [0.4, 0.5) is 0 Å². The molecule has 0 radical (unpaired) electrons. The van der Waals surface area contributed by atoms with Gasteiger partial charge in [-0.15, -0.1) is 0 Å². The van der Waals surface area contributed by atoms with Crippen LogP contribution in [0.1, 0.15) is 51.6 Å². The lowest BCUT2D eigenvalue weighted by atomic mass is 9.90. The Kier molecular flexibility index (Phi) is 5.12. The first kappa shape index (κ1) is 12.9. The summed E-state index contributed by atoms with van der Waals surface area (Å²) in [6, 6.07) is 5.72. The van der Waals surface area contributed by atoms with E-state index >= 15 is 0 Å². The molecular weight excluding hydrogens is 238 g/mol. The average Bonchev–Trinajstić information content (AvgIpc) is 2.47. The maximum Gasteiger partial charge on any atom is 0.119 e. The summed E-state index contributed by atoms with van der Waals surface area (Å²) < 4.78 is 14.0. The Morgan fingerprint density at radius 3 is 2.89 bits per heavy atom. The molecule has 1 aromatic carbocycles. The zero-order valence-electron chi connectivity index (χ0n) is 12.5. The summed E-state index contributed by atoms with van der Waals surface area (Å²) in [5, 5.41) is 9.99. The quantitative estimate of drug-likeness (QED) is 0.830. The van der Waals surface area contributed by atoms with Crippen LogP contribution in [0, 0.1) is 5.92 Å². The van der Waals surface area contributed by atoms with Crippen LogP contribution in [-0.2, 0) is 0 Å². The van der Waals surface area contributed by atoms with Gasteiger partial charge in [-0.3, -0.25) is 0 Å². The lowest BCUT2D eigenvalue weighted by Gasteiger charge is -2.22. The van der Waals surface area contributed by atoms with E-state index < -0.39 is 6.10 Å². The van der Waals surface area contributed by atoms with Gasteiger partial charge in [-0.25, -0.2) is 0 Å². The van der Waals surface area contributed by atoms with Crippen LogP contribution in [0.25, 0.3) is 0 Å². The van der Waals surface area contributed by atoms with Gasteiger partial charge < -0.3 is 15.6 Å². The maximum absolute atomic E-state index is 9.99. The van der Waals surface area contributed by atoms with Gasteiger partial charge in [-0.2, -0.15) is 0 Å². The topological polar surface area (TPSA) is 55.5 Å². The molecule has 1 aliphatic carbocycles. The highest BCUT2D eigenvalue weighted by molar-refractivity contribution is 5.29. The summed E-state index contributed by atoms with van der Waals surface area (Å²) in [5.74, 6) is 1.19. The van der Waals surface area contributed by atoms with Crippen molar-refractivity contribution in [2.45, 2.75) is 44.6 Å². The Balaban J connectivity index is 1.98. The highest BCUT2D eigenvalue weighted by Crippen LogP contribution is 2.26. The third-order valence-corrected chi connectivity index (χ3v) is 3.79. The molecule has 19 heavy (non-hydrogen) atoms. The zero-order valence-corrected chi connectivity index (χ0v) is 11.5. The molecule has 1 atom stereocenters. The second-order valence-corrected chi connectivity index (χ2v) is 5.38. The van der Waals surface area contributed by atoms with Gasteiger partial charge in [0.05, 0.1) is 14.1 Å². The van der Waals surface area contributed by atoms with Crippen LogP contribution in [-0.4, -0.2) is 18.3 Å². The molecular formula is C16H25NO2. The van der Waals surface area contributed by atoms with Crippen molar-refractivity contribution in [3.63, 3.8) is 0 Å². The van der Waals surface area contributed by atoms with Crippen molar-refractivity contribution in [2.24, 2.45) is 11.7 Å². The van der Waals surface area contributed by atoms with Gasteiger partial charge in [0.25, 0.3) is 0 Å². The lowest BCUT2D eigenvalue weighted by molar-refractivity contribution is 0.169. The molecule has 0 amide bonds. The summed E-state index contributed by atoms with van der Waals surface area (Å²) in [6.07, 6.45) is 6.16. The highest BCUT2D eigenvalue weighted by atomic mass is 16.5. The minimum absolute atomic E-state index is 0.296. The summed E-state index contributed by atoms with van der Waals surface area (Å²) in [5.41, 5.74) is 6.07. The summed E-state index contributed by atoms with van der Waals surface area (Å²) in [7, 11) is 0. The second-order valence-electron chi connectivity index (χ2n) is 5.38. The fourth-order valence-electron chi connectivity index (χ4n) is 2.62. The fraction of sp³-hybridized carbons (Fsp3) is 0.625. The first-order valence-electron chi connectivity index (χ1n) is 7.82. The van der Waals surface area contributed by atoms with E-state index in [1.165, 1.54) is 32.1 Å². The van der Waals surface area contributed by atoms with Gasteiger partial charge in [-0.1, -0.05) is 31.4 Å². The summed E-state index contributed by atoms with van der Waals surface area (Å²) >= 11 is 0. The van der Waals surface area contributed by atoms with E-state index in [1.54, 1.807) is 6.07 Å². The normalized spacial score (nSPS) is 18.9. The smallest absolute Gasteiger partial charge is 0.119 e. The first-order valence-corrected chi connectivity index (χ1v) is 7.32. The highest BCUT2D eigenvalue weighted by Gasteiger charge is 2.14. The molecule has 3 N–H and O–H groups in total. The molecule has 1 fully saturated rings. The Morgan fingerprint density at radius 1 is 1.37 bits per heavy atom. The summed E-state index contributed by atoms with van der Waals surface area (Å²) in [4.78, 5) is 0. The standard InChI is InChI=1S/C16H25NO2/c17-10-9-16(18)14-7-4-8-15(11-14)19-12-13-5-2-1-3-6-13/h4,7-8,11,13,16,18H,1-3,5-6,9-10,12,17H2/t16-/m0/s1/i11D. The monoisotopic (exact) mass is 264 g/mol. The van der Waals surface area contributed by atoms with Gasteiger partial charge in [-0.05, 0) is 49.4 Å². The number of aliphatic hydroxyl groups is 1. The number of aliphatic hydroxyl groups excluding tert-OH is 1. The molecule has 3 heteroatoms. The molecule has 0 bridgehead atoms. The number of nitrogens with two attached hydrogens (primary N) is 1. The molecule has 2 rings (SSSR count). The fourth-order valence-corrected chi connectivity index (χ4v) is 2.62. The molecule has 0 spiro atoms. The van der Waals surface area contributed by atoms with E-state index in [0.29, 0.717) is 42.8 Å². The molecule has 1 aliphatic rings. The second kappa shape index (κ2) is 7.51. The molecule has 1 aromatic rings. The molecule has 1 saturated carbocycles. The number of hydrogen-bond acceptors (Lipinski definition) is 3. The predicted octanol–water partition coefficient (Wildman–Crippen LogP) is 3.03. The molecule has 0 heterocycles. The zero-order chi connectivity index (χ0) is 14.4. The Hall–Kier alpha value is -1.06. The number of rotatable bonds is 6. The van der Waals surface area contributed by atoms with Gasteiger partial charge in [0, 0.05) is 0 Å². The van der Waals surface area contributed by atoms with Crippen LogP contribution in [0.5, 0.6) is 5.75 Å². The van der Waals surface area contributed by atoms with Crippen molar-refractivity contribution < 1.29 is 11.2 Å². The molecule has 0 aromatic heterocycles. The van der Waals surface area contributed by atoms with Crippen LogP contribution < -0.4 is 10.5 Å². The van der Waals surface area contributed by atoms with Crippen LogP contribution in [0.15, 0.2) is 24.2 Å². The number of ether oxygens (including phenoxy) is 1. The third kappa shape index (κ3) is 4.51. The van der Waals surface area contributed by atoms with Crippen molar-refractivity contribution in [3.8, 4) is 5.75 Å². The number of hydrogen-bond donors (Lipinski definition) is 2. The predicted molar refractivity (Wildman–Crippen MR) is 77.1 cm³/mol. The minimum atomic E-state index is -0.675. The first-order chi connectivity index (χ1) is 9.72. The van der Waals surface area contributed by atoms with E-state index in [0.717, 1.165) is 0 Å². The molecule has 0 aliphatic heterocycles. The Labute approximate surface area is 117 Å². The van der Waals surface area contributed by atoms with Crippen molar-refractivity contribution in [3.05, 3.63) is 29.8 Å². The third-order valence-electron chi connectivity index (χ3n) is 3.79. The molecule has 106 valence electrons.